The van der Waals surface area contributed by atoms with Crippen molar-refractivity contribution in [3.8, 4) is 5.88 Å². The van der Waals surface area contributed by atoms with Crippen molar-refractivity contribution in [2.45, 2.75) is 12.5 Å². The second-order valence-electron chi connectivity index (χ2n) is 3.77. The highest BCUT2D eigenvalue weighted by atomic mass is 32.1. The van der Waals surface area contributed by atoms with Gasteiger partial charge in [0.25, 0.3) is 0 Å². The Morgan fingerprint density at radius 2 is 2.00 bits per heavy atom. The number of carboxylic acid groups (broad SMARTS) is 1. The molecule has 0 aliphatic rings. The highest BCUT2D eigenvalue weighted by Gasteiger charge is 2.24. The molecule has 1 aromatic carbocycles. The Balaban J connectivity index is 2.36. The molecular formula is C12H11NO4S. The minimum Gasteiger partial charge on any atom is -0.494 e. The lowest BCUT2D eigenvalue weighted by Crippen LogP contribution is -2.27. The van der Waals surface area contributed by atoms with E-state index in [0.717, 1.165) is 21.5 Å². The summed E-state index contributed by atoms with van der Waals surface area (Å²) in [5, 5.41) is 20.0. The lowest BCUT2D eigenvalue weighted by Gasteiger charge is -2.14. The minimum absolute atomic E-state index is 0.153. The fourth-order valence-corrected chi connectivity index (χ4v) is 2.38. The van der Waals surface area contributed by atoms with Gasteiger partial charge in [0.1, 0.15) is 6.04 Å². The summed E-state index contributed by atoms with van der Waals surface area (Å²) in [5.74, 6) is -1.46. The molecule has 0 bridgehead atoms. The standard InChI is InChI=1S/C12H11NO4S/c14-10-7-18-12(17)13(10)9(11(15)16)6-8-4-2-1-3-5-8/h1-5,7,9,14H,6H2,(H,15,16). The molecule has 1 heterocycles. The Hall–Kier alpha value is -2.08. The third kappa shape index (κ3) is 2.43. The molecule has 94 valence electrons. The van der Waals surface area contributed by atoms with Gasteiger partial charge in [0.05, 0.1) is 5.38 Å². The van der Waals surface area contributed by atoms with E-state index in [4.69, 9.17) is 0 Å². The molecule has 2 N–H and O–H groups in total. The number of hydrogen-bond donors (Lipinski definition) is 2. The van der Waals surface area contributed by atoms with Crippen molar-refractivity contribution in [3.63, 3.8) is 0 Å². The number of hydrogen-bond acceptors (Lipinski definition) is 4. The first kappa shape index (κ1) is 12.4. The number of aromatic hydroxyl groups is 1. The molecule has 0 aliphatic heterocycles. The summed E-state index contributed by atoms with van der Waals surface area (Å²) in [6.07, 6.45) is 0.153. The number of rotatable bonds is 4. The van der Waals surface area contributed by atoms with Gasteiger partial charge in [0.2, 0.25) is 5.88 Å². The van der Waals surface area contributed by atoms with Crippen LogP contribution in [0.5, 0.6) is 5.88 Å². The van der Waals surface area contributed by atoms with Crippen LogP contribution in [0.3, 0.4) is 0 Å². The van der Waals surface area contributed by atoms with Crippen molar-refractivity contribution >= 4 is 17.3 Å². The van der Waals surface area contributed by atoms with Crippen LogP contribution in [-0.2, 0) is 11.2 Å². The van der Waals surface area contributed by atoms with Gasteiger partial charge in [-0.15, -0.1) is 0 Å². The van der Waals surface area contributed by atoms with Crippen LogP contribution in [0.2, 0.25) is 0 Å². The summed E-state index contributed by atoms with van der Waals surface area (Å²) in [4.78, 5) is 22.3. The van der Waals surface area contributed by atoms with Gasteiger partial charge in [-0.2, -0.15) is 0 Å². The van der Waals surface area contributed by atoms with Crippen LogP contribution in [0.15, 0.2) is 40.5 Å². The van der Waals surface area contributed by atoms with Gasteiger partial charge in [0, 0.05) is 6.42 Å². The number of benzene rings is 1. The zero-order valence-electron chi connectivity index (χ0n) is 9.31. The first-order valence-corrected chi connectivity index (χ1v) is 6.13. The second-order valence-corrected chi connectivity index (χ2v) is 4.59. The van der Waals surface area contributed by atoms with Crippen LogP contribution in [0.1, 0.15) is 11.6 Å². The average molecular weight is 265 g/mol. The largest absolute Gasteiger partial charge is 0.494 e. The first-order valence-electron chi connectivity index (χ1n) is 5.25. The number of thiazole rings is 1. The van der Waals surface area contributed by atoms with Crippen molar-refractivity contribution < 1.29 is 15.0 Å². The van der Waals surface area contributed by atoms with Crippen LogP contribution in [0, 0.1) is 0 Å². The molecule has 2 rings (SSSR count). The molecule has 2 aromatic rings. The number of aliphatic carboxylic acids is 1. The van der Waals surface area contributed by atoms with E-state index >= 15 is 0 Å². The molecule has 0 radical (unpaired) electrons. The molecule has 18 heavy (non-hydrogen) atoms. The Bertz CT molecular complexity index is 602. The van der Waals surface area contributed by atoms with E-state index in [1.165, 1.54) is 5.38 Å². The number of carbonyl (C=O) groups is 1. The van der Waals surface area contributed by atoms with E-state index in [1.807, 2.05) is 6.07 Å². The highest BCUT2D eigenvalue weighted by Crippen LogP contribution is 2.20. The summed E-state index contributed by atoms with van der Waals surface area (Å²) in [6.45, 7) is 0. The van der Waals surface area contributed by atoms with Crippen molar-refractivity contribution in [2.75, 3.05) is 0 Å². The summed E-state index contributed by atoms with van der Waals surface area (Å²) in [5.41, 5.74) is 0.794. The molecule has 1 atom stereocenters. The minimum atomic E-state index is -1.14. The Kier molecular flexibility index (Phi) is 3.47. The van der Waals surface area contributed by atoms with Crippen LogP contribution in [0.25, 0.3) is 0 Å². The van der Waals surface area contributed by atoms with Gasteiger partial charge < -0.3 is 10.2 Å². The molecule has 0 amide bonds. The fraction of sp³-hybridized carbons (Fsp3) is 0.167. The van der Waals surface area contributed by atoms with E-state index in [0.29, 0.717) is 0 Å². The lowest BCUT2D eigenvalue weighted by molar-refractivity contribution is -0.141. The molecule has 1 aromatic heterocycles. The van der Waals surface area contributed by atoms with Gasteiger partial charge in [0.15, 0.2) is 0 Å². The van der Waals surface area contributed by atoms with Crippen molar-refractivity contribution in [2.24, 2.45) is 0 Å². The quantitative estimate of drug-likeness (QED) is 0.877. The third-order valence-electron chi connectivity index (χ3n) is 2.58. The third-order valence-corrected chi connectivity index (χ3v) is 3.30. The van der Waals surface area contributed by atoms with Gasteiger partial charge in [-0.25, -0.2) is 4.79 Å². The van der Waals surface area contributed by atoms with Crippen LogP contribution in [-0.4, -0.2) is 20.7 Å². The molecule has 0 spiro atoms. The molecule has 6 heteroatoms. The molecule has 0 saturated carbocycles. The predicted octanol–water partition coefficient (Wildman–Crippen LogP) is 1.48. The lowest BCUT2D eigenvalue weighted by atomic mass is 10.1. The predicted molar refractivity (Wildman–Crippen MR) is 67.1 cm³/mol. The highest BCUT2D eigenvalue weighted by molar-refractivity contribution is 7.07. The molecule has 5 nitrogen and oxygen atoms in total. The summed E-state index contributed by atoms with van der Waals surface area (Å²) < 4.78 is 0.903. The SMILES string of the molecule is O=C(O)C(Cc1ccccc1)n1c(O)csc1=O. The molecule has 1 unspecified atom stereocenters. The van der Waals surface area contributed by atoms with Gasteiger partial charge in [-0.1, -0.05) is 41.7 Å². The molecule has 0 saturated heterocycles. The smallest absolute Gasteiger partial charge is 0.327 e. The van der Waals surface area contributed by atoms with Gasteiger partial charge in [-0.3, -0.25) is 9.36 Å². The Morgan fingerprint density at radius 3 is 2.50 bits per heavy atom. The van der Waals surface area contributed by atoms with Gasteiger partial charge in [-0.05, 0) is 5.56 Å². The summed E-state index contributed by atoms with van der Waals surface area (Å²) in [7, 11) is 0. The maximum absolute atomic E-state index is 11.5. The number of carboxylic acids is 1. The second kappa shape index (κ2) is 5.05. The molecule has 0 aliphatic carbocycles. The zero-order valence-corrected chi connectivity index (χ0v) is 10.1. The Morgan fingerprint density at radius 1 is 1.33 bits per heavy atom. The number of aromatic nitrogens is 1. The van der Waals surface area contributed by atoms with Crippen molar-refractivity contribution in [3.05, 3.63) is 50.9 Å². The normalized spacial score (nSPS) is 12.2. The van der Waals surface area contributed by atoms with Crippen LogP contribution >= 0.6 is 11.3 Å². The first-order chi connectivity index (χ1) is 8.59. The van der Waals surface area contributed by atoms with Crippen molar-refractivity contribution in [1.82, 2.24) is 4.57 Å². The summed E-state index contributed by atoms with van der Waals surface area (Å²) >= 11 is 0.781. The van der Waals surface area contributed by atoms with E-state index in [9.17, 15) is 19.8 Å². The topological polar surface area (TPSA) is 79.5 Å². The average Bonchev–Trinajstić information content (AvgIpc) is 2.67. The zero-order chi connectivity index (χ0) is 13.1. The Labute approximate surface area is 107 Å². The van der Waals surface area contributed by atoms with E-state index in [-0.39, 0.29) is 12.3 Å². The molecular weight excluding hydrogens is 254 g/mol. The fourth-order valence-electron chi connectivity index (χ4n) is 1.72. The van der Waals surface area contributed by atoms with Gasteiger partial charge >= 0.3 is 10.8 Å². The number of nitrogens with zero attached hydrogens (tertiary/aromatic N) is 1. The van der Waals surface area contributed by atoms with Crippen LogP contribution < -0.4 is 4.87 Å². The van der Waals surface area contributed by atoms with E-state index in [1.54, 1.807) is 24.3 Å². The van der Waals surface area contributed by atoms with E-state index < -0.39 is 16.9 Å². The maximum Gasteiger partial charge on any atom is 0.327 e. The van der Waals surface area contributed by atoms with Crippen molar-refractivity contribution in [1.29, 1.82) is 0 Å². The van der Waals surface area contributed by atoms with E-state index in [2.05, 4.69) is 0 Å². The maximum atomic E-state index is 11.5. The summed E-state index contributed by atoms with van der Waals surface area (Å²) in [6, 6.07) is 7.89. The van der Waals surface area contributed by atoms with Crippen LogP contribution in [0.4, 0.5) is 0 Å². The monoisotopic (exact) mass is 265 g/mol. The molecule has 0 fully saturated rings.